The maximum atomic E-state index is 10.8. The number of ether oxygens (including phenoxy) is 1. The molecule has 1 unspecified atom stereocenters. The van der Waals surface area contributed by atoms with Gasteiger partial charge in [0.1, 0.15) is 12.4 Å². The van der Waals surface area contributed by atoms with Crippen molar-refractivity contribution in [2.24, 2.45) is 5.73 Å². The predicted octanol–water partition coefficient (Wildman–Crippen LogP) is 3.16. The Kier molecular flexibility index (Phi) is 8.37. The summed E-state index contributed by atoms with van der Waals surface area (Å²) in [4.78, 5) is 8.90. The Labute approximate surface area is 205 Å². The number of rotatable bonds is 9. The van der Waals surface area contributed by atoms with Gasteiger partial charge in [0.25, 0.3) is 0 Å². The lowest BCUT2D eigenvalue weighted by Crippen LogP contribution is -2.49. The van der Waals surface area contributed by atoms with E-state index in [0.717, 1.165) is 36.6 Å². The van der Waals surface area contributed by atoms with Crippen LogP contribution in [0.3, 0.4) is 0 Å². The SMILES string of the molecule is NCc1ccc(C(O)CN2CCN(c3ccc(OCCO)cc3Cl)[C@H](c3ccccc3)C2)cn1. The number of pyridine rings is 1. The van der Waals surface area contributed by atoms with Crippen molar-refractivity contribution in [3.8, 4) is 5.75 Å². The topological polar surface area (TPSA) is 95.1 Å². The van der Waals surface area contributed by atoms with Gasteiger partial charge < -0.3 is 25.6 Å². The average molecular weight is 483 g/mol. The quantitative estimate of drug-likeness (QED) is 0.431. The highest BCUT2D eigenvalue weighted by molar-refractivity contribution is 6.33. The number of anilines is 1. The lowest BCUT2D eigenvalue weighted by Gasteiger charge is -2.44. The normalized spacial score (nSPS) is 17.5. The summed E-state index contributed by atoms with van der Waals surface area (Å²) in [6.07, 6.45) is 1.08. The molecule has 0 saturated carbocycles. The molecule has 34 heavy (non-hydrogen) atoms. The second kappa shape index (κ2) is 11.6. The van der Waals surface area contributed by atoms with E-state index in [-0.39, 0.29) is 19.3 Å². The molecule has 0 bridgehead atoms. The number of nitrogens with two attached hydrogens (primary N) is 1. The lowest BCUT2D eigenvalue weighted by atomic mass is 10.0. The molecule has 1 fully saturated rings. The molecule has 0 spiro atoms. The van der Waals surface area contributed by atoms with Crippen molar-refractivity contribution >= 4 is 17.3 Å². The van der Waals surface area contributed by atoms with Crippen molar-refractivity contribution in [2.75, 3.05) is 44.3 Å². The molecular weight excluding hydrogens is 452 g/mol. The number of aromatic nitrogens is 1. The third kappa shape index (κ3) is 5.87. The van der Waals surface area contributed by atoms with E-state index in [1.165, 1.54) is 5.56 Å². The molecule has 8 heteroatoms. The summed E-state index contributed by atoms with van der Waals surface area (Å²) in [6.45, 7) is 3.37. The number of β-amino-alcohol motifs (C(OH)–C–C–N with tert-alkyl or cyclic N) is 1. The van der Waals surface area contributed by atoms with Crippen LogP contribution in [0.25, 0.3) is 0 Å². The van der Waals surface area contributed by atoms with Gasteiger partial charge >= 0.3 is 0 Å². The fraction of sp³-hybridized carbons (Fsp3) is 0.346. The van der Waals surface area contributed by atoms with E-state index in [0.29, 0.717) is 23.9 Å². The summed E-state index contributed by atoms with van der Waals surface area (Å²) in [6, 6.07) is 19.8. The summed E-state index contributed by atoms with van der Waals surface area (Å²) >= 11 is 6.67. The van der Waals surface area contributed by atoms with Gasteiger partial charge in [-0.15, -0.1) is 0 Å². The molecular formula is C26H31ClN4O3. The number of hydrogen-bond donors (Lipinski definition) is 3. The van der Waals surface area contributed by atoms with Crippen LogP contribution >= 0.6 is 11.6 Å². The maximum absolute atomic E-state index is 10.8. The first-order valence-corrected chi connectivity index (χ1v) is 11.9. The Morgan fingerprint density at radius 3 is 2.62 bits per heavy atom. The summed E-state index contributed by atoms with van der Waals surface area (Å²) in [7, 11) is 0. The smallest absolute Gasteiger partial charge is 0.121 e. The molecule has 0 amide bonds. The number of aliphatic hydroxyl groups excluding tert-OH is 2. The Hall–Kier alpha value is -2.68. The summed E-state index contributed by atoms with van der Waals surface area (Å²) < 4.78 is 5.51. The molecule has 0 aliphatic carbocycles. The highest BCUT2D eigenvalue weighted by atomic mass is 35.5. The Morgan fingerprint density at radius 2 is 1.94 bits per heavy atom. The molecule has 2 heterocycles. The molecule has 1 saturated heterocycles. The van der Waals surface area contributed by atoms with Crippen LogP contribution in [-0.2, 0) is 6.54 Å². The van der Waals surface area contributed by atoms with Crippen molar-refractivity contribution < 1.29 is 14.9 Å². The zero-order chi connectivity index (χ0) is 23.9. The summed E-state index contributed by atoms with van der Waals surface area (Å²) in [5.41, 5.74) is 9.35. The monoisotopic (exact) mass is 482 g/mol. The van der Waals surface area contributed by atoms with Crippen LogP contribution in [0.5, 0.6) is 5.75 Å². The van der Waals surface area contributed by atoms with Gasteiger partial charge in [0.15, 0.2) is 0 Å². The molecule has 1 aliphatic rings. The fourth-order valence-electron chi connectivity index (χ4n) is 4.33. The molecule has 7 nitrogen and oxygen atoms in total. The number of piperazine rings is 1. The number of aliphatic hydroxyl groups is 2. The second-order valence-electron chi connectivity index (χ2n) is 8.37. The minimum Gasteiger partial charge on any atom is -0.491 e. The van der Waals surface area contributed by atoms with Crippen molar-refractivity contribution in [1.29, 1.82) is 0 Å². The molecule has 180 valence electrons. The molecule has 4 rings (SSSR count). The molecule has 1 aromatic heterocycles. The van der Waals surface area contributed by atoms with E-state index >= 15 is 0 Å². The fourth-order valence-corrected chi connectivity index (χ4v) is 4.61. The molecule has 4 N–H and O–H groups in total. The Morgan fingerprint density at radius 1 is 1.12 bits per heavy atom. The van der Waals surface area contributed by atoms with Gasteiger partial charge in [-0.2, -0.15) is 0 Å². The highest BCUT2D eigenvalue weighted by Gasteiger charge is 2.30. The van der Waals surface area contributed by atoms with E-state index in [1.807, 2.05) is 42.5 Å². The summed E-state index contributed by atoms with van der Waals surface area (Å²) in [5, 5.41) is 20.5. The van der Waals surface area contributed by atoms with Gasteiger partial charge in [-0.25, -0.2) is 0 Å². The van der Waals surface area contributed by atoms with E-state index in [4.69, 9.17) is 27.2 Å². The van der Waals surface area contributed by atoms with Crippen LogP contribution < -0.4 is 15.4 Å². The van der Waals surface area contributed by atoms with Gasteiger partial charge in [0, 0.05) is 50.6 Å². The first-order valence-electron chi connectivity index (χ1n) is 11.5. The molecule has 1 aliphatic heterocycles. The molecule has 3 aromatic rings. The van der Waals surface area contributed by atoms with Crippen LogP contribution in [0.15, 0.2) is 66.9 Å². The van der Waals surface area contributed by atoms with Gasteiger partial charge in [0.05, 0.1) is 35.2 Å². The Balaban J connectivity index is 1.52. The minimum absolute atomic E-state index is 0.0452. The second-order valence-corrected chi connectivity index (χ2v) is 8.77. The third-order valence-electron chi connectivity index (χ3n) is 6.11. The number of halogens is 1. The van der Waals surface area contributed by atoms with Crippen LogP contribution in [0, 0.1) is 0 Å². The first kappa shape index (κ1) is 24.4. The van der Waals surface area contributed by atoms with E-state index < -0.39 is 6.10 Å². The number of benzene rings is 2. The zero-order valence-electron chi connectivity index (χ0n) is 19.1. The predicted molar refractivity (Wildman–Crippen MR) is 134 cm³/mol. The third-order valence-corrected chi connectivity index (χ3v) is 6.41. The van der Waals surface area contributed by atoms with Gasteiger partial charge in [0.2, 0.25) is 0 Å². The molecule has 2 aromatic carbocycles. The number of nitrogens with zero attached hydrogens (tertiary/aromatic N) is 3. The van der Waals surface area contributed by atoms with E-state index in [9.17, 15) is 5.11 Å². The van der Waals surface area contributed by atoms with Gasteiger partial charge in [-0.05, 0) is 23.8 Å². The van der Waals surface area contributed by atoms with E-state index in [2.05, 4.69) is 26.9 Å². The zero-order valence-corrected chi connectivity index (χ0v) is 19.8. The van der Waals surface area contributed by atoms with Crippen LogP contribution in [0.4, 0.5) is 5.69 Å². The Bertz CT molecular complexity index is 1050. The van der Waals surface area contributed by atoms with Crippen LogP contribution in [0.2, 0.25) is 5.02 Å². The van der Waals surface area contributed by atoms with Crippen LogP contribution in [0.1, 0.15) is 29.0 Å². The maximum Gasteiger partial charge on any atom is 0.121 e. The lowest BCUT2D eigenvalue weighted by molar-refractivity contribution is 0.100. The van der Waals surface area contributed by atoms with Crippen molar-refractivity contribution in [3.05, 3.63) is 88.7 Å². The largest absolute Gasteiger partial charge is 0.491 e. The number of hydrogen-bond acceptors (Lipinski definition) is 7. The average Bonchev–Trinajstić information content (AvgIpc) is 2.88. The van der Waals surface area contributed by atoms with E-state index in [1.54, 1.807) is 12.3 Å². The van der Waals surface area contributed by atoms with Crippen molar-refractivity contribution in [2.45, 2.75) is 18.7 Å². The first-order chi connectivity index (χ1) is 16.6. The van der Waals surface area contributed by atoms with Crippen molar-refractivity contribution in [3.63, 3.8) is 0 Å². The molecule has 2 atom stereocenters. The highest BCUT2D eigenvalue weighted by Crippen LogP contribution is 2.37. The molecule has 0 radical (unpaired) electrons. The minimum atomic E-state index is -0.631. The van der Waals surface area contributed by atoms with Crippen LogP contribution in [-0.4, -0.2) is 59.5 Å². The van der Waals surface area contributed by atoms with Gasteiger partial charge in [-0.3, -0.25) is 9.88 Å². The van der Waals surface area contributed by atoms with Crippen molar-refractivity contribution in [1.82, 2.24) is 9.88 Å². The summed E-state index contributed by atoms with van der Waals surface area (Å²) in [5.74, 6) is 0.634. The standard InChI is InChI=1S/C26H31ClN4O3/c27-23-14-22(34-13-12-32)8-9-24(23)31-11-10-30(17-25(31)19-4-2-1-3-5-19)18-26(33)20-6-7-21(15-28)29-16-20/h1-9,14,16,25-26,32-33H,10-13,15,17-18,28H2/t25-,26?/m0/s1. The van der Waals surface area contributed by atoms with Gasteiger partial charge in [-0.1, -0.05) is 48.0 Å².